The Labute approximate surface area is 195 Å². The van der Waals surface area contributed by atoms with E-state index in [9.17, 15) is 9.59 Å². The van der Waals surface area contributed by atoms with Crippen LogP contribution in [-0.4, -0.2) is 65.8 Å². The lowest BCUT2D eigenvalue weighted by Gasteiger charge is -2.42. The smallest absolute Gasteiger partial charge is 0.255 e. The molecule has 0 unspecified atom stereocenters. The summed E-state index contributed by atoms with van der Waals surface area (Å²) in [4.78, 5) is 32.6. The molecule has 2 aliphatic rings. The number of hydrogen-bond donors (Lipinski definition) is 0. The first kappa shape index (κ1) is 22.8. The minimum Gasteiger partial charge on any atom is -0.340 e. The van der Waals surface area contributed by atoms with Crippen LogP contribution in [0.15, 0.2) is 54.6 Å². The van der Waals surface area contributed by atoms with Gasteiger partial charge in [0.2, 0.25) is 5.91 Å². The molecule has 0 radical (unpaired) electrons. The zero-order valence-electron chi connectivity index (χ0n) is 18.8. The molecule has 0 N–H and O–H groups in total. The summed E-state index contributed by atoms with van der Waals surface area (Å²) in [6, 6.07) is 17.2. The molecule has 0 aromatic heterocycles. The predicted octanol–water partition coefficient (Wildman–Crippen LogP) is 4.32. The quantitative estimate of drug-likeness (QED) is 0.654. The number of rotatable bonds is 6. The lowest BCUT2D eigenvalue weighted by molar-refractivity contribution is -0.139. The summed E-state index contributed by atoms with van der Waals surface area (Å²) in [6.45, 7) is 3.27. The van der Waals surface area contributed by atoms with Gasteiger partial charge >= 0.3 is 0 Å². The first-order chi connectivity index (χ1) is 15.5. The van der Waals surface area contributed by atoms with E-state index in [1.165, 1.54) is 12.8 Å². The molecule has 0 bridgehead atoms. The average molecular weight is 454 g/mol. The normalized spacial score (nSPS) is 18.5. The molecule has 2 amide bonds. The Bertz CT molecular complexity index is 922. The first-order valence-corrected chi connectivity index (χ1v) is 12.0. The Hall–Kier alpha value is -2.37. The van der Waals surface area contributed by atoms with Crippen LogP contribution in [-0.2, 0) is 11.3 Å². The molecule has 5 nitrogen and oxygen atoms in total. The maximum Gasteiger partial charge on any atom is 0.255 e. The second-order valence-corrected chi connectivity index (χ2v) is 9.38. The fourth-order valence-electron chi connectivity index (χ4n) is 5.10. The minimum absolute atomic E-state index is 0.0276. The number of piperazine rings is 1. The largest absolute Gasteiger partial charge is 0.340 e. The van der Waals surface area contributed by atoms with Crippen molar-refractivity contribution in [1.29, 1.82) is 0 Å². The summed E-state index contributed by atoms with van der Waals surface area (Å²) in [7, 11) is 1.91. The van der Waals surface area contributed by atoms with Gasteiger partial charge < -0.3 is 9.80 Å². The van der Waals surface area contributed by atoms with Crippen molar-refractivity contribution in [3.05, 3.63) is 70.7 Å². The van der Waals surface area contributed by atoms with Gasteiger partial charge in [-0.15, -0.1) is 0 Å². The van der Waals surface area contributed by atoms with Crippen LogP contribution < -0.4 is 0 Å². The Kier molecular flexibility index (Phi) is 7.48. The van der Waals surface area contributed by atoms with Crippen LogP contribution in [0.3, 0.4) is 0 Å². The van der Waals surface area contributed by atoms with E-state index < -0.39 is 0 Å². The van der Waals surface area contributed by atoms with Gasteiger partial charge in [0.1, 0.15) is 0 Å². The Balaban J connectivity index is 1.43. The molecule has 32 heavy (non-hydrogen) atoms. The van der Waals surface area contributed by atoms with Crippen molar-refractivity contribution in [1.82, 2.24) is 14.7 Å². The number of likely N-dealkylation sites (N-methyl/N-ethyl adjacent to an activating group) is 1. The van der Waals surface area contributed by atoms with Crippen molar-refractivity contribution < 1.29 is 9.59 Å². The third-order valence-corrected chi connectivity index (χ3v) is 7.17. The fraction of sp³-hybridized carbons (Fsp3) is 0.462. The highest BCUT2D eigenvalue weighted by atomic mass is 35.5. The van der Waals surface area contributed by atoms with Gasteiger partial charge in [-0.25, -0.2) is 0 Å². The van der Waals surface area contributed by atoms with Crippen molar-refractivity contribution in [2.75, 3.05) is 33.2 Å². The van der Waals surface area contributed by atoms with Gasteiger partial charge in [0.15, 0.2) is 0 Å². The number of halogens is 1. The van der Waals surface area contributed by atoms with Crippen LogP contribution in [0.2, 0.25) is 5.02 Å². The van der Waals surface area contributed by atoms with E-state index in [-0.39, 0.29) is 17.9 Å². The van der Waals surface area contributed by atoms with E-state index in [2.05, 4.69) is 17.0 Å². The van der Waals surface area contributed by atoms with Crippen LogP contribution in [0.4, 0.5) is 0 Å². The molecule has 4 rings (SSSR count). The Morgan fingerprint density at radius 2 is 1.59 bits per heavy atom. The van der Waals surface area contributed by atoms with Gasteiger partial charge in [0.25, 0.3) is 5.91 Å². The minimum atomic E-state index is -0.108. The fourth-order valence-corrected chi connectivity index (χ4v) is 5.31. The summed E-state index contributed by atoms with van der Waals surface area (Å²) in [5.41, 5.74) is 1.69. The van der Waals surface area contributed by atoms with Crippen LogP contribution >= 0.6 is 11.6 Å². The summed E-state index contributed by atoms with van der Waals surface area (Å²) in [5.74, 6) is 0.568. The number of carbonyl (C=O) groups excluding carboxylic acids is 2. The van der Waals surface area contributed by atoms with E-state index in [1.807, 2.05) is 47.2 Å². The predicted molar refractivity (Wildman–Crippen MR) is 128 cm³/mol. The van der Waals surface area contributed by atoms with Gasteiger partial charge in [-0.2, -0.15) is 0 Å². The number of hydrogen-bond acceptors (Lipinski definition) is 3. The van der Waals surface area contributed by atoms with Crippen LogP contribution in [0.25, 0.3) is 0 Å². The Morgan fingerprint density at radius 3 is 2.25 bits per heavy atom. The molecule has 2 aromatic carbocycles. The Morgan fingerprint density at radius 1 is 0.969 bits per heavy atom. The summed E-state index contributed by atoms with van der Waals surface area (Å²) in [5, 5.41) is 0.487. The second kappa shape index (κ2) is 10.5. The van der Waals surface area contributed by atoms with Gasteiger partial charge in [0, 0.05) is 39.8 Å². The summed E-state index contributed by atoms with van der Waals surface area (Å²) in [6.07, 6.45) is 4.60. The number of amides is 2. The SMILES string of the molecule is CN(Cc1ccccc1)C(=O)[C@@H](C1CCCC1)N1CCN(C(=O)c2ccccc2Cl)CC1. The molecule has 0 spiro atoms. The van der Waals surface area contributed by atoms with Crippen molar-refractivity contribution >= 4 is 23.4 Å². The molecule has 6 heteroatoms. The molecule has 1 saturated carbocycles. The first-order valence-electron chi connectivity index (χ1n) is 11.6. The van der Waals surface area contributed by atoms with Gasteiger partial charge in [-0.3, -0.25) is 14.5 Å². The maximum atomic E-state index is 13.6. The van der Waals surface area contributed by atoms with E-state index in [0.29, 0.717) is 49.2 Å². The molecule has 1 aliphatic carbocycles. The van der Waals surface area contributed by atoms with E-state index >= 15 is 0 Å². The topological polar surface area (TPSA) is 43.9 Å². The zero-order chi connectivity index (χ0) is 22.5. The third-order valence-electron chi connectivity index (χ3n) is 6.84. The second-order valence-electron chi connectivity index (χ2n) is 8.98. The van der Waals surface area contributed by atoms with Crippen molar-refractivity contribution in [3.8, 4) is 0 Å². The van der Waals surface area contributed by atoms with Crippen LogP contribution in [0.5, 0.6) is 0 Å². The monoisotopic (exact) mass is 453 g/mol. The zero-order valence-corrected chi connectivity index (χ0v) is 19.5. The highest BCUT2D eigenvalue weighted by Gasteiger charge is 2.38. The average Bonchev–Trinajstić information content (AvgIpc) is 3.34. The van der Waals surface area contributed by atoms with E-state index in [0.717, 1.165) is 18.4 Å². The van der Waals surface area contributed by atoms with Crippen molar-refractivity contribution in [2.45, 2.75) is 38.3 Å². The lowest BCUT2D eigenvalue weighted by atomic mass is 9.94. The van der Waals surface area contributed by atoms with Gasteiger partial charge in [-0.05, 0) is 36.5 Å². The maximum absolute atomic E-state index is 13.6. The van der Waals surface area contributed by atoms with E-state index in [4.69, 9.17) is 11.6 Å². The molecule has 1 heterocycles. The molecule has 170 valence electrons. The highest BCUT2D eigenvalue weighted by molar-refractivity contribution is 6.33. The molecule has 1 aliphatic heterocycles. The number of carbonyl (C=O) groups is 2. The molecular formula is C26H32ClN3O2. The molecule has 2 aromatic rings. The van der Waals surface area contributed by atoms with Crippen LogP contribution in [0, 0.1) is 5.92 Å². The molecule has 2 fully saturated rings. The molecule has 1 atom stereocenters. The van der Waals surface area contributed by atoms with Crippen molar-refractivity contribution in [3.63, 3.8) is 0 Å². The summed E-state index contributed by atoms with van der Waals surface area (Å²) >= 11 is 6.24. The molecule has 1 saturated heterocycles. The number of benzene rings is 2. The highest BCUT2D eigenvalue weighted by Crippen LogP contribution is 2.32. The third kappa shape index (κ3) is 5.16. The van der Waals surface area contributed by atoms with E-state index in [1.54, 1.807) is 12.1 Å². The van der Waals surface area contributed by atoms with Crippen molar-refractivity contribution in [2.24, 2.45) is 5.92 Å². The standard InChI is InChI=1S/C26H32ClN3O2/c1-28(19-20-9-3-2-4-10-20)26(32)24(21-11-5-6-12-21)29-15-17-30(18-16-29)25(31)22-13-7-8-14-23(22)27/h2-4,7-10,13-14,21,24H,5-6,11-12,15-19H2,1H3/t24-/m1/s1. The van der Waals surface area contributed by atoms with Gasteiger partial charge in [-0.1, -0.05) is 66.9 Å². The number of nitrogens with zero attached hydrogens (tertiary/aromatic N) is 3. The van der Waals surface area contributed by atoms with Crippen LogP contribution in [0.1, 0.15) is 41.6 Å². The van der Waals surface area contributed by atoms with Gasteiger partial charge in [0.05, 0.1) is 16.6 Å². The lowest BCUT2D eigenvalue weighted by Crippen LogP contribution is -2.58. The summed E-state index contributed by atoms with van der Waals surface area (Å²) < 4.78 is 0. The molecular weight excluding hydrogens is 422 g/mol.